The van der Waals surface area contributed by atoms with Gasteiger partial charge in [-0.25, -0.2) is 10.4 Å². The highest BCUT2D eigenvalue weighted by molar-refractivity contribution is 6.07. The van der Waals surface area contributed by atoms with Gasteiger partial charge in [-0.05, 0) is 43.5 Å². The monoisotopic (exact) mass is 420 g/mol. The number of hydrazine groups is 1. The van der Waals surface area contributed by atoms with Crippen molar-refractivity contribution < 1.29 is 18.7 Å². The summed E-state index contributed by atoms with van der Waals surface area (Å²) in [7, 11) is 1.39. The number of furan rings is 1. The Morgan fingerprint density at radius 1 is 1.16 bits per heavy atom. The number of carbonyl (C=O) groups is 2. The smallest absolute Gasteiger partial charge is 0.324 e. The molecule has 4 unspecified atom stereocenters. The number of hydrogen-bond donors (Lipinski definition) is 3. The number of benzene rings is 1. The van der Waals surface area contributed by atoms with Crippen molar-refractivity contribution in [3.63, 3.8) is 0 Å². The minimum atomic E-state index is -0.401. The third-order valence-corrected chi connectivity index (χ3v) is 6.28. The maximum atomic E-state index is 13.3. The van der Waals surface area contributed by atoms with E-state index in [-0.39, 0.29) is 29.9 Å². The van der Waals surface area contributed by atoms with E-state index < -0.39 is 6.04 Å². The number of pyridine rings is 1. The first-order chi connectivity index (χ1) is 15.1. The van der Waals surface area contributed by atoms with Gasteiger partial charge in [-0.1, -0.05) is 18.2 Å². The van der Waals surface area contributed by atoms with Crippen LogP contribution in [0.4, 0.5) is 0 Å². The average Bonchev–Trinajstić information content (AvgIpc) is 3.48. The lowest BCUT2D eigenvalue weighted by molar-refractivity contribution is -0.144. The highest BCUT2D eigenvalue weighted by atomic mass is 16.5. The van der Waals surface area contributed by atoms with Crippen molar-refractivity contribution in [1.29, 1.82) is 0 Å². The van der Waals surface area contributed by atoms with Crippen molar-refractivity contribution in [2.75, 3.05) is 7.11 Å². The maximum Gasteiger partial charge on any atom is 0.324 e. The number of hydrogen-bond acceptors (Lipinski definition) is 7. The Balaban J connectivity index is 1.40. The van der Waals surface area contributed by atoms with Gasteiger partial charge in [0, 0.05) is 23.4 Å². The van der Waals surface area contributed by atoms with Crippen LogP contribution < -0.4 is 16.2 Å². The molecule has 31 heavy (non-hydrogen) atoms. The molecule has 1 aromatic carbocycles. The molecular formula is C23H24N4O4. The second-order valence-corrected chi connectivity index (χ2v) is 8.09. The van der Waals surface area contributed by atoms with E-state index in [1.54, 1.807) is 18.4 Å². The number of methoxy groups -OCH3 is 1. The topological polar surface area (TPSA) is 105 Å². The van der Waals surface area contributed by atoms with E-state index in [1.165, 1.54) is 7.11 Å². The van der Waals surface area contributed by atoms with Crippen molar-refractivity contribution in [2.24, 2.45) is 5.92 Å². The number of amides is 1. The van der Waals surface area contributed by atoms with Crippen LogP contribution in [0.25, 0.3) is 22.4 Å². The molecule has 2 aliphatic rings. The van der Waals surface area contributed by atoms with Crippen LogP contribution in [-0.4, -0.2) is 42.1 Å². The van der Waals surface area contributed by atoms with E-state index in [0.29, 0.717) is 23.4 Å². The molecule has 1 saturated heterocycles. The number of ether oxygens (including phenoxy) is 1. The van der Waals surface area contributed by atoms with Crippen LogP contribution in [-0.2, 0) is 9.53 Å². The molecule has 8 nitrogen and oxygen atoms in total. The lowest BCUT2D eigenvalue weighted by atomic mass is 9.79. The Morgan fingerprint density at radius 3 is 2.84 bits per heavy atom. The molecule has 0 radical (unpaired) electrons. The highest BCUT2D eigenvalue weighted by Gasteiger charge is 2.44. The number of aromatic nitrogens is 1. The standard InChI is InChI=1S/C23H24N4O4/c1-30-23(29)21-16-11-13(8-9-18(16)26-27-21)24-22(28)15-12-19(20-7-4-10-31-20)25-17-6-3-2-5-14(15)17/h2-7,10,12-13,16,18,21,26-27H,8-9,11H2,1H3,(H,24,28). The molecule has 160 valence electrons. The molecule has 8 heteroatoms. The van der Waals surface area contributed by atoms with E-state index in [2.05, 4.69) is 21.2 Å². The Labute approximate surface area is 179 Å². The molecule has 0 bridgehead atoms. The molecule has 1 aliphatic heterocycles. The summed E-state index contributed by atoms with van der Waals surface area (Å²) >= 11 is 0. The lowest BCUT2D eigenvalue weighted by Gasteiger charge is -2.33. The Bertz CT molecular complexity index is 1110. The molecule has 3 heterocycles. The summed E-state index contributed by atoms with van der Waals surface area (Å²) in [4.78, 5) is 30.1. The molecule has 1 saturated carbocycles. The van der Waals surface area contributed by atoms with Gasteiger partial charge < -0.3 is 14.5 Å². The van der Waals surface area contributed by atoms with Crippen molar-refractivity contribution in [2.45, 2.75) is 37.4 Å². The third kappa shape index (κ3) is 3.68. The van der Waals surface area contributed by atoms with Gasteiger partial charge in [-0.15, -0.1) is 0 Å². The van der Waals surface area contributed by atoms with Gasteiger partial charge >= 0.3 is 5.97 Å². The fourth-order valence-electron chi connectivity index (χ4n) is 4.73. The van der Waals surface area contributed by atoms with Gasteiger partial charge in [0.15, 0.2) is 5.76 Å². The molecule has 2 aromatic heterocycles. The average molecular weight is 420 g/mol. The number of carbonyl (C=O) groups excluding carboxylic acids is 2. The van der Waals surface area contributed by atoms with E-state index in [4.69, 9.17) is 9.15 Å². The quantitative estimate of drug-likeness (QED) is 0.557. The number of rotatable bonds is 4. The summed E-state index contributed by atoms with van der Waals surface area (Å²) in [6, 6.07) is 12.8. The van der Waals surface area contributed by atoms with Gasteiger partial charge in [0.05, 0.1) is 24.5 Å². The van der Waals surface area contributed by atoms with Gasteiger partial charge in [-0.3, -0.25) is 15.0 Å². The molecule has 1 amide bonds. The first-order valence-corrected chi connectivity index (χ1v) is 10.5. The normalized spacial score (nSPS) is 25.2. The molecule has 3 N–H and O–H groups in total. The van der Waals surface area contributed by atoms with E-state index >= 15 is 0 Å². The van der Waals surface area contributed by atoms with Crippen LogP contribution in [0.1, 0.15) is 29.6 Å². The van der Waals surface area contributed by atoms with Crippen LogP contribution in [0.15, 0.2) is 53.1 Å². The van der Waals surface area contributed by atoms with Crippen LogP contribution in [0.2, 0.25) is 0 Å². The van der Waals surface area contributed by atoms with Crippen LogP contribution in [0.5, 0.6) is 0 Å². The minimum Gasteiger partial charge on any atom is -0.468 e. The van der Waals surface area contributed by atoms with Crippen molar-refractivity contribution in [1.82, 2.24) is 21.2 Å². The zero-order valence-corrected chi connectivity index (χ0v) is 17.1. The number of nitrogens with zero attached hydrogens (tertiary/aromatic N) is 1. The van der Waals surface area contributed by atoms with E-state index in [1.807, 2.05) is 30.3 Å². The molecule has 1 aliphatic carbocycles. The van der Waals surface area contributed by atoms with E-state index in [0.717, 1.165) is 23.7 Å². The van der Waals surface area contributed by atoms with Crippen LogP contribution in [0, 0.1) is 5.92 Å². The molecule has 5 rings (SSSR count). The summed E-state index contributed by atoms with van der Waals surface area (Å²) in [5.74, 6) is 0.252. The van der Waals surface area contributed by atoms with Crippen LogP contribution in [0.3, 0.4) is 0 Å². The maximum absolute atomic E-state index is 13.3. The number of fused-ring (bicyclic) bond motifs is 2. The van der Waals surface area contributed by atoms with Gasteiger partial charge in [0.2, 0.25) is 0 Å². The number of nitrogens with one attached hydrogen (secondary N) is 3. The fourth-order valence-corrected chi connectivity index (χ4v) is 4.73. The highest BCUT2D eigenvalue weighted by Crippen LogP contribution is 2.32. The molecule has 2 fully saturated rings. The summed E-state index contributed by atoms with van der Waals surface area (Å²) in [6.45, 7) is 0. The Kier molecular flexibility index (Phi) is 5.17. The summed E-state index contributed by atoms with van der Waals surface area (Å²) in [5.41, 5.74) is 8.16. The fraction of sp³-hybridized carbons (Fsp3) is 0.348. The second-order valence-electron chi connectivity index (χ2n) is 8.09. The number of esters is 1. The summed E-state index contributed by atoms with van der Waals surface area (Å²) in [6.07, 6.45) is 3.99. The zero-order valence-electron chi connectivity index (χ0n) is 17.1. The summed E-state index contributed by atoms with van der Waals surface area (Å²) < 4.78 is 10.4. The molecule has 0 spiro atoms. The van der Waals surface area contributed by atoms with Crippen molar-refractivity contribution >= 4 is 22.8 Å². The minimum absolute atomic E-state index is 0.0263. The Morgan fingerprint density at radius 2 is 2.03 bits per heavy atom. The molecule has 3 aromatic rings. The van der Waals surface area contributed by atoms with Crippen molar-refractivity contribution in [3.8, 4) is 11.5 Å². The Hall–Kier alpha value is -3.23. The SMILES string of the molecule is COC(=O)C1NNC2CCC(NC(=O)c3cc(-c4ccco4)nc4ccccc34)CC21. The van der Waals surface area contributed by atoms with Gasteiger partial charge in [0.25, 0.3) is 5.91 Å². The molecule has 4 atom stereocenters. The zero-order chi connectivity index (χ0) is 21.4. The predicted octanol–water partition coefficient (Wildman–Crippen LogP) is 2.41. The summed E-state index contributed by atoms with van der Waals surface area (Å²) in [5, 5.41) is 3.98. The first-order valence-electron chi connectivity index (χ1n) is 10.5. The third-order valence-electron chi connectivity index (χ3n) is 6.28. The van der Waals surface area contributed by atoms with Crippen LogP contribution >= 0.6 is 0 Å². The predicted molar refractivity (Wildman–Crippen MR) is 114 cm³/mol. The second kappa shape index (κ2) is 8.13. The van der Waals surface area contributed by atoms with E-state index in [9.17, 15) is 9.59 Å². The lowest BCUT2D eigenvalue weighted by Crippen LogP contribution is -2.46. The van der Waals surface area contributed by atoms with Gasteiger partial charge in [-0.2, -0.15) is 0 Å². The first kappa shape index (κ1) is 19.7. The molecular weight excluding hydrogens is 396 g/mol. The largest absolute Gasteiger partial charge is 0.468 e. The number of para-hydroxylation sites is 1. The van der Waals surface area contributed by atoms with Crippen molar-refractivity contribution in [3.05, 3.63) is 54.3 Å². The van der Waals surface area contributed by atoms with Gasteiger partial charge in [0.1, 0.15) is 11.7 Å².